The molecule has 0 aliphatic rings. The molecule has 2 rings (SSSR count). The van der Waals surface area contributed by atoms with Crippen molar-refractivity contribution in [2.75, 3.05) is 5.32 Å². The minimum atomic E-state index is -1.13. The van der Waals surface area contributed by atoms with Gasteiger partial charge in [-0.2, -0.15) is 0 Å². The maximum atomic E-state index is 12.0. The third-order valence-corrected chi connectivity index (χ3v) is 3.54. The average Bonchev–Trinajstić information content (AvgIpc) is 2.99. The Morgan fingerprint density at radius 1 is 1.26 bits per heavy atom. The second-order valence-corrected chi connectivity index (χ2v) is 5.57. The Bertz CT molecular complexity index is 689. The van der Waals surface area contributed by atoms with Crippen molar-refractivity contribution < 1.29 is 19.1 Å². The van der Waals surface area contributed by atoms with Crippen LogP contribution in [0.3, 0.4) is 0 Å². The summed E-state index contributed by atoms with van der Waals surface area (Å²) < 4.78 is 5.11. The molecule has 3 N–H and O–H groups in total. The maximum absolute atomic E-state index is 12.0. The molecule has 0 fully saturated rings. The molecule has 122 valence electrons. The van der Waals surface area contributed by atoms with Crippen molar-refractivity contribution in [2.45, 2.75) is 19.0 Å². The predicted molar refractivity (Wildman–Crippen MR) is 86.7 cm³/mol. The van der Waals surface area contributed by atoms with Crippen LogP contribution in [0.5, 0.6) is 0 Å². The lowest BCUT2D eigenvalue weighted by Crippen LogP contribution is -2.39. The van der Waals surface area contributed by atoms with E-state index in [0.717, 1.165) is 0 Å². The molecule has 0 saturated heterocycles. The Labute approximate surface area is 142 Å². The fourth-order valence-corrected chi connectivity index (χ4v) is 2.32. The van der Waals surface area contributed by atoms with Gasteiger partial charge in [0.05, 0.1) is 29.9 Å². The zero-order valence-electron chi connectivity index (χ0n) is 11.9. The molecule has 0 spiro atoms. The van der Waals surface area contributed by atoms with Gasteiger partial charge < -0.3 is 14.8 Å². The van der Waals surface area contributed by atoms with Gasteiger partial charge in [-0.25, -0.2) is 0 Å². The molecule has 0 radical (unpaired) electrons. The van der Waals surface area contributed by atoms with Gasteiger partial charge in [0.2, 0.25) is 5.91 Å². The van der Waals surface area contributed by atoms with E-state index >= 15 is 0 Å². The molecular weight excluding hydrogens is 343 g/mol. The van der Waals surface area contributed by atoms with Crippen LogP contribution in [0, 0.1) is 0 Å². The largest absolute Gasteiger partial charge is 0.480 e. The summed E-state index contributed by atoms with van der Waals surface area (Å²) in [5.74, 6) is -1.03. The molecule has 1 amide bonds. The molecular formula is C15H14Cl2N2O4. The van der Waals surface area contributed by atoms with Gasteiger partial charge in [0, 0.05) is 5.02 Å². The van der Waals surface area contributed by atoms with Crippen molar-refractivity contribution in [3.63, 3.8) is 0 Å². The number of nitrogens with one attached hydrogen (secondary N) is 2. The van der Waals surface area contributed by atoms with Crippen LogP contribution in [-0.2, 0) is 16.1 Å². The van der Waals surface area contributed by atoms with Gasteiger partial charge in [0.15, 0.2) is 0 Å². The molecule has 8 heteroatoms. The molecule has 23 heavy (non-hydrogen) atoms. The number of benzene rings is 1. The summed E-state index contributed by atoms with van der Waals surface area (Å²) in [6, 6.07) is 6.97. The third-order valence-electron chi connectivity index (χ3n) is 3.00. The van der Waals surface area contributed by atoms with Gasteiger partial charge >= 0.3 is 5.97 Å². The second kappa shape index (κ2) is 8.01. The number of aliphatic carboxylic acids is 1. The Kier molecular flexibility index (Phi) is 6.04. The number of carbonyl (C=O) groups excluding carboxylic acids is 1. The molecule has 1 aromatic carbocycles. The van der Waals surface area contributed by atoms with E-state index in [-0.39, 0.29) is 18.0 Å². The maximum Gasteiger partial charge on any atom is 0.321 e. The van der Waals surface area contributed by atoms with Crippen LogP contribution in [0.2, 0.25) is 10.0 Å². The van der Waals surface area contributed by atoms with E-state index in [4.69, 9.17) is 27.6 Å². The number of halogens is 2. The van der Waals surface area contributed by atoms with Crippen LogP contribution < -0.4 is 10.6 Å². The smallest absolute Gasteiger partial charge is 0.321 e. The molecule has 1 heterocycles. The summed E-state index contributed by atoms with van der Waals surface area (Å²) in [7, 11) is 0. The van der Waals surface area contributed by atoms with Gasteiger partial charge in [-0.1, -0.05) is 23.2 Å². The lowest BCUT2D eigenvalue weighted by Gasteiger charge is -2.14. The highest BCUT2D eigenvalue weighted by Gasteiger charge is 2.21. The summed E-state index contributed by atoms with van der Waals surface area (Å²) in [5, 5.41) is 15.2. The first-order chi connectivity index (χ1) is 11.0. The van der Waals surface area contributed by atoms with E-state index in [1.54, 1.807) is 24.3 Å². The number of carbonyl (C=O) groups is 2. The van der Waals surface area contributed by atoms with Crippen LogP contribution in [0.25, 0.3) is 0 Å². The van der Waals surface area contributed by atoms with Crippen LogP contribution in [-0.4, -0.2) is 23.0 Å². The summed E-state index contributed by atoms with van der Waals surface area (Å²) in [5.41, 5.74) is 0.372. The van der Waals surface area contributed by atoms with E-state index in [1.807, 2.05) is 0 Å². The van der Waals surface area contributed by atoms with E-state index in [0.29, 0.717) is 16.5 Å². The van der Waals surface area contributed by atoms with Gasteiger partial charge in [-0.05, 0) is 30.3 Å². The van der Waals surface area contributed by atoms with Gasteiger partial charge in [-0.15, -0.1) is 0 Å². The lowest BCUT2D eigenvalue weighted by molar-refractivity contribution is -0.141. The minimum Gasteiger partial charge on any atom is -0.480 e. The molecule has 0 aliphatic heterocycles. The highest BCUT2D eigenvalue weighted by atomic mass is 35.5. The molecule has 1 aromatic heterocycles. The van der Waals surface area contributed by atoms with Gasteiger partial charge in [0.25, 0.3) is 0 Å². The zero-order chi connectivity index (χ0) is 16.8. The fourth-order valence-electron chi connectivity index (χ4n) is 1.86. The number of carboxylic acid groups (broad SMARTS) is 1. The lowest BCUT2D eigenvalue weighted by atomic mass is 10.2. The van der Waals surface area contributed by atoms with Crippen molar-refractivity contribution in [3.05, 3.63) is 52.4 Å². The molecule has 0 bridgehead atoms. The average molecular weight is 357 g/mol. The normalized spacial score (nSPS) is 11.9. The summed E-state index contributed by atoms with van der Waals surface area (Å²) >= 11 is 11.7. The number of rotatable bonds is 7. The number of hydrogen-bond donors (Lipinski definition) is 3. The predicted octanol–water partition coefficient (Wildman–Crippen LogP) is 3.16. The van der Waals surface area contributed by atoms with Crippen molar-refractivity contribution in [2.24, 2.45) is 0 Å². The number of furan rings is 1. The first kappa shape index (κ1) is 17.3. The second-order valence-electron chi connectivity index (χ2n) is 4.73. The first-order valence-electron chi connectivity index (χ1n) is 6.69. The molecule has 1 atom stereocenters. The van der Waals surface area contributed by atoms with E-state index < -0.39 is 17.9 Å². The van der Waals surface area contributed by atoms with Crippen molar-refractivity contribution in [1.82, 2.24) is 5.32 Å². The first-order valence-corrected chi connectivity index (χ1v) is 7.45. The monoisotopic (exact) mass is 356 g/mol. The third kappa shape index (κ3) is 5.28. The van der Waals surface area contributed by atoms with Gasteiger partial charge in [-0.3, -0.25) is 14.9 Å². The number of hydrogen-bond acceptors (Lipinski definition) is 4. The quantitative estimate of drug-likeness (QED) is 0.708. The number of carboxylic acids is 1. The summed E-state index contributed by atoms with van der Waals surface area (Å²) in [6.45, 7) is 0.207. The van der Waals surface area contributed by atoms with Gasteiger partial charge in [0.1, 0.15) is 11.8 Å². The molecule has 0 aliphatic carbocycles. The number of anilines is 1. The highest BCUT2D eigenvalue weighted by molar-refractivity contribution is 6.36. The molecule has 0 unspecified atom stereocenters. The van der Waals surface area contributed by atoms with Crippen LogP contribution in [0.15, 0.2) is 41.0 Å². The van der Waals surface area contributed by atoms with Crippen molar-refractivity contribution >= 4 is 40.8 Å². The van der Waals surface area contributed by atoms with E-state index in [9.17, 15) is 14.7 Å². The van der Waals surface area contributed by atoms with Crippen molar-refractivity contribution in [3.8, 4) is 0 Å². The Hall–Kier alpha value is -2.02. The Morgan fingerprint density at radius 2 is 2.04 bits per heavy atom. The molecule has 0 saturated carbocycles. The number of amides is 1. The Balaban J connectivity index is 1.93. The van der Waals surface area contributed by atoms with Crippen molar-refractivity contribution in [1.29, 1.82) is 0 Å². The fraction of sp³-hybridized carbons (Fsp3) is 0.200. The van der Waals surface area contributed by atoms with E-state index in [1.165, 1.54) is 12.3 Å². The standard InChI is InChI=1S/C15H14Cl2N2O4/c16-9-3-4-12(11(17)6-9)19-14(20)7-13(15(21)22)18-8-10-2-1-5-23-10/h1-6,13,18H,7-8H2,(H,19,20)(H,21,22)/t13-/m1/s1. The summed E-state index contributed by atoms with van der Waals surface area (Å²) in [6.07, 6.45) is 1.23. The SMILES string of the molecule is O=C(C[C@@H](NCc1ccco1)C(=O)O)Nc1ccc(Cl)cc1Cl. The van der Waals surface area contributed by atoms with Crippen LogP contribution in [0.1, 0.15) is 12.2 Å². The van der Waals surface area contributed by atoms with Crippen LogP contribution in [0.4, 0.5) is 5.69 Å². The minimum absolute atomic E-state index is 0.207. The topological polar surface area (TPSA) is 91.6 Å². The zero-order valence-corrected chi connectivity index (χ0v) is 13.4. The molecule has 6 nitrogen and oxygen atoms in total. The van der Waals surface area contributed by atoms with Crippen LogP contribution >= 0.6 is 23.2 Å². The van der Waals surface area contributed by atoms with E-state index in [2.05, 4.69) is 10.6 Å². The Morgan fingerprint density at radius 3 is 2.65 bits per heavy atom. The molecule has 2 aromatic rings. The highest BCUT2D eigenvalue weighted by Crippen LogP contribution is 2.25. The summed E-state index contributed by atoms with van der Waals surface area (Å²) in [4.78, 5) is 23.2.